The Morgan fingerprint density at radius 3 is 2.90 bits per heavy atom. The van der Waals surface area contributed by atoms with E-state index in [1.54, 1.807) is 0 Å². The number of aromatic amines is 1. The first-order valence-corrected chi connectivity index (χ1v) is 2.35. The van der Waals surface area contributed by atoms with Crippen LogP contribution in [0.3, 0.4) is 0 Å². The molecule has 0 saturated carbocycles. The highest BCUT2D eigenvalue weighted by Crippen LogP contribution is 2.03. The van der Waals surface area contributed by atoms with Gasteiger partial charge in [-0.05, 0) is 10.4 Å². The lowest BCUT2D eigenvalue weighted by molar-refractivity contribution is 0.401. The first-order chi connectivity index (χ1) is 4.97. The first-order valence-electron chi connectivity index (χ1n) is 2.35. The molecule has 8 heteroatoms. The smallest absolute Gasteiger partial charge is 0.311 e. The monoisotopic (exact) mass is 139 g/mol. The van der Waals surface area contributed by atoms with Crippen molar-refractivity contribution in [3.63, 3.8) is 0 Å². The maximum Gasteiger partial charge on any atom is 0.319 e. The highest BCUT2D eigenvalue weighted by molar-refractivity contribution is 5.34. The molecular formula is C2HN7O. The van der Waals surface area contributed by atoms with E-state index in [1.807, 2.05) is 0 Å². The van der Waals surface area contributed by atoms with Crippen LogP contribution in [-0.4, -0.2) is 36.2 Å². The van der Waals surface area contributed by atoms with Gasteiger partial charge in [0, 0.05) is 0 Å². The molecule has 0 bridgehead atoms. The molecule has 0 aliphatic carbocycles. The van der Waals surface area contributed by atoms with Gasteiger partial charge >= 0.3 is 5.89 Å². The van der Waals surface area contributed by atoms with Crippen LogP contribution in [0.5, 0.6) is 0 Å². The molecular weight excluding hydrogens is 138 g/mol. The fourth-order valence-corrected chi connectivity index (χ4v) is 0.472. The van der Waals surface area contributed by atoms with E-state index in [0.717, 1.165) is 0 Å². The largest absolute Gasteiger partial charge is 0.319 e. The lowest BCUT2D eigenvalue weighted by Gasteiger charge is -1.73. The Kier molecular flexibility index (Phi) is 0.907. The summed E-state index contributed by atoms with van der Waals surface area (Å²) in [5.41, 5.74) is 0. The molecule has 0 spiro atoms. The molecule has 1 N–H and O–H groups in total. The first kappa shape index (κ1) is 4.97. The second-order valence-corrected chi connectivity index (χ2v) is 1.40. The molecule has 0 aromatic carbocycles. The summed E-state index contributed by atoms with van der Waals surface area (Å²) in [4.78, 5) is 0. The van der Waals surface area contributed by atoms with Crippen molar-refractivity contribution >= 4 is 0 Å². The van der Waals surface area contributed by atoms with Crippen LogP contribution < -0.4 is 0 Å². The third kappa shape index (κ3) is 0.623. The van der Waals surface area contributed by atoms with Crippen LogP contribution in [0.15, 0.2) is 4.52 Å². The number of nitrogens with one attached hydrogen (secondary N) is 1. The van der Waals surface area contributed by atoms with Gasteiger partial charge in [0.15, 0.2) is 0 Å². The Morgan fingerprint density at radius 1 is 1.30 bits per heavy atom. The van der Waals surface area contributed by atoms with E-state index in [1.165, 1.54) is 0 Å². The Bertz CT molecular complexity index is 251. The molecule has 2 heterocycles. The zero-order valence-corrected chi connectivity index (χ0v) is 4.59. The summed E-state index contributed by atoms with van der Waals surface area (Å²) < 4.78 is 4.52. The molecule has 0 unspecified atom stereocenters. The number of tetrazole rings is 1. The number of hydrogen-bond acceptors (Lipinski definition) is 7. The fraction of sp³-hybridized carbons (Fsp3) is 0. The number of hydrogen-bond donors (Lipinski definition) is 1. The van der Waals surface area contributed by atoms with Crippen molar-refractivity contribution in [3.05, 3.63) is 0 Å². The lowest BCUT2D eigenvalue weighted by Crippen LogP contribution is -1.79. The quantitative estimate of drug-likeness (QED) is 0.520. The third-order valence-corrected chi connectivity index (χ3v) is 0.836. The van der Waals surface area contributed by atoms with E-state index in [0.29, 0.717) is 0 Å². The van der Waals surface area contributed by atoms with Crippen molar-refractivity contribution in [3.8, 4) is 11.7 Å². The van der Waals surface area contributed by atoms with E-state index in [9.17, 15) is 0 Å². The Balaban J connectivity index is 2.48. The second kappa shape index (κ2) is 1.83. The average molecular weight is 139 g/mol. The van der Waals surface area contributed by atoms with Gasteiger partial charge < -0.3 is 4.52 Å². The molecule has 50 valence electrons. The minimum atomic E-state index is 0.147. The molecule has 0 aliphatic heterocycles. The number of aromatic nitrogens is 7. The van der Waals surface area contributed by atoms with Crippen molar-refractivity contribution in [2.24, 2.45) is 0 Å². The van der Waals surface area contributed by atoms with Gasteiger partial charge in [-0.2, -0.15) is 5.21 Å². The highest BCUT2D eigenvalue weighted by atomic mass is 16.5. The number of H-pyrrole nitrogens is 1. The molecule has 0 fully saturated rings. The van der Waals surface area contributed by atoms with E-state index in [2.05, 4.69) is 40.7 Å². The molecule has 8 nitrogen and oxygen atoms in total. The van der Waals surface area contributed by atoms with Gasteiger partial charge in [0.2, 0.25) is 0 Å². The Labute approximate surface area is 53.6 Å². The van der Waals surface area contributed by atoms with Crippen LogP contribution in [0.1, 0.15) is 0 Å². The molecule has 2 aromatic rings. The SMILES string of the molecule is n1noc(-c2nn[nH]n2)n1. The fourth-order valence-electron chi connectivity index (χ4n) is 0.472. The molecule has 2 aromatic heterocycles. The maximum atomic E-state index is 4.52. The van der Waals surface area contributed by atoms with Crippen molar-refractivity contribution < 1.29 is 4.52 Å². The van der Waals surface area contributed by atoms with E-state index >= 15 is 0 Å². The van der Waals surface area contributed by atoms with Crippen LogP contribution in [-0.2, 0) is 0 Å². The minimum Gasteiger partial charge on any atom is -0.311 e. The molecule has 10 heavy (non-hydrogen) atoms. The van der Waals surface area contributed by atoms with Crippen molar-refractivity contribution in [2.75, 3.05) is 0 Å². The number of rotatable bonds is 1. The van der Waals surface area contributed by atoms with Gasteiger partial charge in [0.25, 0.3) is 5.82 Å². The topological polar surface area (TPSA) is 106 Å². The summed E-state index contributed by atoms with van der Waals surface area (Å²) in [6.45, 7) is 0. The van der Waals surface area contributed by atoms with Gasteiger partial charge in [-0.25, -0.2) is 0 Å². The molecule has 0 aliphatic rings. The van der Waals surface area contributed by atoms with E-state index in [-0.39, 0.29) is 11.7 Å². The summed E-state index contributed by atoms with van der Waals surface area (Å²) in [6.07, 6.45) is 0. The lowest BCUT2D eigenvalue weighted by atomic mass is 10.6. The van der Waals surface area contributed by atoms with Gasteiger partial charge in [-0.15, -0.1) is 10.2 Å². The van der Waals surface area contributed by atoms with Gasteiger partial charge in [-0.3, -0.25) is 0 Å². The molecule has 0 amide bonds. The molecule has 2 rings (SSSR count). The minimum absolute atomic E-state index is 0.147. The molecule has 0 radical (unpaired) electrons. The van der Waals surface area contributed by atoms with Gasteiger partial charge in [0.1, 0.15) is 0 Å². The predicted octanol–water partition coefficient (Wildman–Crippen LogP) is -1.36. The van der Waals surface area contributed by atoms with Crippen molar-refractivity contribution in [1.29, 1.82) is 0 Å². The molecule has 0 saturated heterocycles. The standard InChI is InChI=1S/C2HN7O/c3-1(4-7-6-3)2-5-8-9-10-2/h(H,3,4,6,7). The summed E-state index contributed by atoms with van der Waals surface area (Å²) in [5, 5.41) is 22.4. The third-order valence-electron chi connectivity index (χ3n) is 0.836. The number of nitrogens with zero attached hydrogens (tertiary/aromatic N) is 6. The normalized spacial score (nSPS) is 10.0. The Hall–Kier alpha value is -1.86. The van der Waals surface area contributed by atoms with Gasteiger partial charge in [0.05, 0.1) is 5.27 Å². The maximum absolute atomic E-state index is 4.52. The summed E-state index contributed by atoms with van der Waals surface area (Å²) in [5.74, 6) is 0.388. The van der Waals surface area contributed by atoms with Gasteiger partial charge in [-0.1, -0.05) is 5.10 Å². The Morgan fingerprint density at radius 2 is 2.30 bits per heavy atom. The predicted molar refractivity (Wildman–Crippen MR) is 25.3 cm³/mol. The molecule has 0 atom stereocenters. The van der Waals surface area contributed by atoms with Crippen LogP contribution in [0.4, 0.5) is 0 Å². The van der Waals surface area contributed by atoms with E-state index in [4.69, 9.17) is 0 Å². The summed E-state index contributed by atoms with van der Waals surface area (Å²) in [7, 11) is 0. The summed E-state index contributed by atoms with van der Waals surface area (Å²) >= 11 is 0. The average Bonchev–Trinajstić information content (AvgIpc) is 2.59. The second-order valence-electron chi connectivity index (χ2n) is 1.40. The van der Waals surface area contributed by atoms with Crippen LogP contribution >= 0.6 is 0 Å². The van der Waals surface area contributed by atoms with Crippen LogP contribution in [0.2, 0.25) is 0 Å². The van der Waals surface area contributed by atoms with Crippen LogP contribution in [0.25, 0.3) is 11.7 Å². The van der Waals surface area contributed by atoms with E-state index < -0.39 is 0 Å². The summed E-state index contributed by atoms with van der Waals surface area (Å²) in [6, 6.07) is 0. The zero-order chi connectivity index (χ0) is 6.81. The highest BCUT2D eigenvalue weighted by Gasteiger charge is 2.08. The zero-order valence-electron chi connectivity index (χ0n) is 4.59. The van der Waals surface area contributed by atoms with Crippen molar-refractivity contribution in [1.82, 2.24) is 36.2 Å². The van der Waals surface area contributed by atoms with Crippen LogP contribution in [0, 0.1) is 0 Å². The van der Waals surface area contributed by atoms with Crippen molar-refractivity contribution in [2.45, 2.75) is 0 Å².